The summed E-state index contributed by atoms with van der Waals surface area (Å²) in [5, 5.41) is 1.66. The number of halogens is 2. The highest BCUT2D eigenvalue weighted by atomic mass is 79.9. The van der Waals surface area contributed by atoms with Gasteiger partial charge in [0, 0.05) is 34.7 Å². The van der Waals surface area contributed by atoms with E-state index in [0.717, 1.165) is 45.5 Å². The van der Waals surface area contributed by atoms with E-state index < -0.39 is 0 Å². The number of fused-ring (bicyclic) bond motifs is 1. The number of aromatic nitrogens is 2. The van der Waals surface area contributed by atoms with Crippen LogP contribution in [0.2, 0.25) is 5.02 Å². The van der Waals surface area contributed by atoms with Crippen LogP contribution in [0.25, 0.3) is 22.2 Å². The van der Waals surface area contributed by atoms with Crippen LogP contribution in [-0.4, -0.2) is 23.1 Å². The Balaban J connectivity index is 1.76. The molecular formula is C17H13BrClN3. The summed E-state index contributed by atoms with van der Waals surface area (Å²) in [4.78, 5) is 11.5. The second-order valence-electron chi connectivity index (χ2n) is 5.40. The van der Waals surface area contributed by atoms with Gasteiger partial charge in [0.25, 0.3) is 0 Å². The lowest BCUT2D eigenvalue weighted by atomic mass is 10.1. The molecule has 1 saturated heterocycles. The first-order valence-corrected chi connectivity index (χ1v) is 8.35. The van der Waals surface area contributed by atoms with Crippen LogP contribution >= 0.6 is 27.5 Å². The molecule has 0 atom stereocenters. The molecule has 1 aromatic carbocycles. The van der Waals surface area contributed by atoms with Crippen LogP contribution in [0.15, 0.2) is 47.1 Å². The molecule has 0 amide bonds. The average Bonchev–Trinajstić information content (AvgIpc) is 2.45. The summed E-state index contributed by atoms with van der Waals surface area (Å²) in [6, 6.07) is 11.9. The highest BCUT2D eigenvalue weighted by Gasteiger charge is 2.15. The summed E-state index contributed by atoms with van der Waals surface area (Å²) in [5.74, 6) is 1.03. The van der Waals surface area contributed by atoms with E-state index in [2.05, 4.69) is 37.9 Å². The Kier molecular flexibility index (Phi) is 3.51. The maximum absolute atomic E-state index is 6.39. The molecule has 5 heteroatoms. The smallest absolute Gasteiger partial charge is 0.128 e. The van der Waals surface area contributed by atoms with E-state index in [9.17, 15) is 0 Å². The zero-order chi connectivity index (χ0) is 15.1. The zero-order valence-corrected chi connectivity index (χ0v) is 14.1. The SMILES string of the molecule is Clc1cc(-c2ccc(N3CCC3)nc2)nc2cc(Br)ccc12. The molecule has 0 spiro atoms. The van der Waals surface area contributed by atoms with Crippen molar-refractivity contribution in [1.29, 1.82) is 0 Å². The first-order valence-electron chi connectivity index (χ1n) is 7.18. The highest BCUT2D eigenvalue weighted by molar-refractivity contribution is 9.10. The van der Waals surface area contributed by atoms with Gasteiger partial charge in [-0.15, -0.1) is 0 Å². The van der Waals surface area contributed by atoms with Crippen LogP contribution in [0.1, 0.15) is 6.42 Å². The maximum atomic E-state index is 6.39. The van der Waals surface area contributed by atoms with E-state index in [1.165, 1.54) is 6.42 Å². The molecule has 1 aliphatic heterocycles. The monoisotopic (exact) mass is 373 g/mol. The van der Waals surface area contributed by atoms with Crippen molar-refractivity contribution in [1.82, 2.24) is 9.97 Å². The maximum Gasteiger partial charge on any atom is 0.128 e. The van der Waals surface area contributed by atoms with Gasteiger partial charge in [-0.25, -0.2) is 9.97 Å². The average molecular weight is 375 g/mol. The molecule has 3 nitrogen and oxygen atoms in total. The Morgan fingerprint density at radius 3 is 2.64 bits per heavy atom. The molecule has 0 radical (unpaired) electrons. The molecule has 3 heterocycles. The van der Waals surface area contributed by atoms with Crippen molar-refractivity contribution in [2.45, 2.75) is 6.42 Å². The molecule has 110 valence electrons. The van der Waals surface area contributed by atoms with Gasteiger partial charge in [0.05, 0.1) is 16.2 Å². The van der Waals surface area contributed by atoms with Crippen LogP contribution in [0.5, 0.6) is 0 Å². The van der Waals surface area contributed by atoms with Crippen molar-refractivity contribution >= 4 is 44.3 Å². The van der Waals surface area contributed by atoms with E-state index in [1.807, 2.05) is 30.5 Å². The summed E-state index contributed by atoms with van der Waals surface area (Å²) in [5.41, 5.74) is 2.70. The van der Waals surface area contributed by atoms with Crippen molar-refractivity contribution in [2.24, 2.45) is 0 Å². The normalized spacial score (nSPS) is 14.2. The van der Waals surface area contributed by atoms with Gasteiger partial charge < -0.3 is 4.90 Å². The number of hydrogen-bond acceptors (Lipinski definition) is 3. The largest absolute Gasteiger partial charge is 0.356 e. The van der Waals surface area contributed by atoms with Crippen molar-refractivity contribution in [2.75, 3.05) is 18.0 Å². The van der Waals surface area contributed by atoms with E-state index in [0.29, 0.717) is 5.02 Å². The number of rotatable bonds is 2. The lowest BCUT2D eigenvalue weighted by Crippen LogP contribution is -2.37. The molecule has 2 aromatic heterocycles. The van der Waals surface area contributed by atoms with Crippen molar-refractivity contribution in [3.05, 3.63) is 52.1 Å². The summed E-state index contributed by atoms with van der Waals surface area (Å²) in [6.45, 7) is 2.20. The van der Waals surface area contributed by atoms with Crippen molar-refractivity contribution in [3.8, 4) is 11.3 Å². The minimum Gasteiger partial charge on any atom is -0.356 e. The van der Waals surface area contributed by atoms with Crippen LogP contribution in [0.4, 0.5) is 5.82 Å². The van der Waals surface area contributed by atoms with E-state index in [1.54, 1.807) is 0 Å². The van der Waals surface area contributed by atoms with Gasteiger partial charge in [-0.2, -0.15) is 0 Å². The fourth-order valence-electron chi connectivity index (χ4n) is 2.58. The molecule has 0 unspecified atom stereocenters. The molecule has 0 aliphatic carbocycles. The Morgan fingerprint density at radius 2 is 1.95 bits per heavy atom. The van der Waals surface area contributed by atoms with E-state index >= 15 is 0 Å². The van der Waals surface area contributed by atoms with Gasteiger partial charge in [0.15, 0.2) is 0 Å². The number of pyridine rings is 2. The predicted octanol–water partition coefficient (Wildman–Crippen LogP) is 4.92. The van der Waals surface area contributed by atoms with Crippen molar-refractivity contribution in [3.63, 3.8) is 0 Å². The second kappa shape index (κ2) is 5.52. The second-order valence-corrected chi connectivity index (χ2v) is 6.72. The molecule has 3 aromatic rings. The minimum absolute atomic E-state index is 0.708. The Bertz CT molecular complexity index is 844. The number of benzene rings is 1. The van der Waals surface area contributed by atoms with Gasteiger partial charge in [-0.05, 0) is 36.8 Å². The topological polar surface area (TPSA) is 29.0 Å². The molecule has 1 fully saturated rings. The lowest BCUT2D eigenvalue weighted by molar-refractivity contribution is 0.610. The lowest BCUT2D eigenvalue weighted by Gasteiger charge is -2.31. The van der Waals surface area contributed by atoms with Crippen LogP contribution in [0, 0.1) is 0 Å². The van der Waals surface area contributed by atoms with E-state index in [4.69, 9.17) is 16.6 Å². The first-order chi connectivity index (χ1) is 10.7. The Morgan fingerprint density at radius 1 is 1.09 bits per heavy atom. The molecule has 22 heavy (non-hydrogen) atoms. The fourth-order valence-corrected chi connectivity index (χ4v) is 3.19. The van der Waals surface area contributed by atoms with Gasteiger partial charge in [-0.1, -0.05) is 33.6 Å². The molecular weight excluding hydrogens is 362 g/mol. The summed E-state index contributed by atoms with van der Waals surface area (Å²) < 4.78 is 0.993. The molecule has 0 N–H and O–H groups in total. The standard InChI is InChI=1S/C17H13BrClN3/c18-12-3-4-13-14(19)9-15(21-16(13)8-12)11-2-5-17(20-10-11)22-6-1-7-22/h2-5,8-10H,1,6-7H2. The van der Waals surface area contributed by atoms with Gasteiger partial charge in [0.1, 0.15) is 5.82 Å². The third kappa shape index (κ3) is 2.46. The summed E-state index contributed by atoms with van der Waals surface area (Å²) >= 11 is 9.87. The number of anilines is 1. The fraction of sp³-hybridized carbons (Fsp3) is 0.176. The third-order valence-electron chi connectivity index (χ3n) is 3.95. The van der Waals surface area contributed by atoms with Gasteiger partial charge in [-0.3, -0.25) is 0 Å². The van der Waals surface area contributed by atoms with Gasteiger partial charge >= 0.3 is 0 Å². The molecule has 0 bridgehead atoms. The Labute approximate surface area is 142 Å². The highest BCUT2D eigenvalue weighted by Crippen LogP contribution is 2.30. The molecule has 0 saturated carbocycles. The summed E-state index contributed by atoms with van der Waals surface area (Å²) in [7, 11) is 0. The zero-order valence-electron chi connectivity index (χ0n) is 11.8. The Hall–Kier alpha value is -1.65. The quantitative estimate of drug-likeness (QED) is 0.637. The summed E-state index contributed by atoms with van der Waals surface area (Å²) in [6.07, 6.45) is 3.12. The van der Waals surface area contributed by atoms with Crippen LogP contribution in [0.3, 0.4) is 0 Å². The van der Waals surface area contributed by atoms with Crippen LogP contribution in [-0.2, 0) is 0 Å². The van der Waals surface area contributed by atoms with E-state index in [-0.39, 0.29) is 0 Å². The number of nitrogens with zero attached hydrogens (tertiary/aromatic N) is 3. The third-order valence-corrected chi connectivity index (χ3v) is 4.75. The van der Waals surface area contributed by atoms with Crippen molar-refractivity contribution < 1.29 is 0 Å². The van der Waals surface area contributed by atoms with Gasteiger partial charge in [0.2, 0.25) is 0 Å². The molecule has 4 rings (SSSR count). The first kappa shape index (κ1) is 14.0. The molecule has 1 aliphatic rings. The van der Waals surface area contributed by atoms with Crippen LogP contribution < -0.4 is 4.90 Å². The minimum atomic E-state index is 0.708. The number of hydrogen-bond donors (Lipinski definition) is 0. The predicted molar refractivity (Wildman–Crippen MR) is 94.5 cm³/mol.